The van der Waals surface area contributed by atoms with Crippen molar-refractivity contribution in [3.05, 3.63) is 34.8 Å². The Hall–Kier alpha value is -1.20. The molecular formula is C12H18N4S. The second-order valence-corrected chi connectivity index (χ2v) is 4.93. The van der Waals surface area contributed by atoms with Gasteiger partial charge in [-0.05, 0) is 13.3 Å². The molecule has 4 nitrogen and oxygen atoms in total. The van der Waals surface area contributed by atoms with E-state index in [1.807, 2.05) is 25.6 Å². The van der Waals surface area contributed by atoms with Gasteiger partial charge in [0.2, 0.25) is 0 Å². The number of nitrogens with zero attached hydrogens (tertiary/aromatic N) is 3. The molecule has 1 atom stereocenters. The van der Waals surface area contributed by atoms with Crippen LogP contribution in [0.5, 0.6) is 0 Å². The molecule has 0 amide bonds. The molecule has 1 N–H and O–H groups in total. The lowest BCUT2D eigenvalue weighted by molar-refractivity contribution is 0.490. The van der Waals surface area contributed by atoms with Crippen molar-refractivity contribution in [1.29, 1.82) is 0 Å². The van der Waals surface area contributed by atoms with Crippen LogP contribution in [0, 0.1) is 6.92 Å². The quantitative estimate of drug-likeness (QED) is 0.856. The molecule has 92 valence electrons. The van der Waals surface area contributed by atoms with E-state index >= 15 is 0 Å². The average molecular weight is 250 g/mol. The molecule has 2 rings (SSSR count). The molecule has 0 fully saturated rings. The lowest BCUT2D eigenvalue weighted by Gasteiger charge is -2.14. The second-order valence-electron chi connectivity index (χ2n) is 4.04. The third-order valence-corrected chi connectivity index (χ3v) is 3.74. The fourth-order valence-electron chi connectivity index (χ4n) is 1.73. The Balaban J connectivity index is 1.84. The minimum absolute atomic E-state index is 0.372. The third kappa shape index (κ3) is 3.38. The van der Waals surface area contributed by atoms with Crippen molar-refractivity contribution < 1.29 is 0 Å². The summed E-state index contributed by atoms with van der Waals surface area (Å²) in [6.45, 7) is 6.11. The van der Waals surface area contributed by atoms with Crippen molar-refractivity contribution in [3.8, 4) is 0 Å². The molecule has 2 heterocycles. The van der Waals surface area contributed by atoms with E-state index in [0.29, 0.717) is 6.04 Å². The third-order valence-electron chi connectivity index (χ3n) is 2.66. The largest absolute Gasteiger partial charge is 0.336 e. The second kappa shape index (κ2) is 5.93. The molecule has 2 aromatic rings. The van der Waals surface area contributed by atoms with Crippen molar-refractivity contribution in [2.45, 2.75) is 32.9 Å². The van der Waals surface area contributed by atoms with Crippen LogP contribution in [0.2, 0.25) is 0 Å². The van der Waals surface area contributed by atoms with Crippen molar-refractivity contribution in [3.63, 3.8) is 0 Å². The molecule has 0 aliphatic carbocycles. The van der Waals surface area contributed by atoms with Gasteiger partial charge >= 0.3 is 0 Å². The number of imidazole rings is 1. The minimum atomic E-state index is 0.372. The molecule has 5 heteroatoms. The molecule has 0 saturated heterocycles. The van der Waals surface area contributed by atoms with Crippen LogP contribution >= 0.6 is 11.3 Å². The van der Waals surface area contributed by atoms with Gasteiger partial charge in [0, 0.05) is 36.6 Å². The van der Waals surface area contributed by atoms with Crippen LogP contribution in [0.3, 0.4) is 0 Å². The van der Waals surface area contributed by atoms with Crippen LogP contribution in [-0.4, -0.2) is 21.1 Å². The summed E-state index contributed by atoms with van der Waals surface area (Å²) in [7, 11) is 0. The summed E-state index contributed by atoms with van der Waals surface area (Å²) >= 11 is 1.74. The number of aromatic nitrogens is 3. The lowest BCUT2D eigenvalue weighted by Crippen LogP contribution is -2.24. The molecule has 0 spiro atoms. The van der Waals surface area contributed by atoms with Crippen LogP contribution in [0.1, 0.15) is 30.1 Å². The van der Waals surface area contributed by atoms with E-state index in [9.17, 15) is 0 Å². The molecule has 0 aliphatic heterocycles. The first-order chi connectivity index (χ1) is 8.29. The molecule has 0 bridgehead atoms. The SMILES string of the molecule is CC[C@H](NCCn1ccnc1)c1nc(C)cs1. The number of thiazole rings is 1. The van der Waals surface area contributed by atoms with Gasteiger partial charge < -0.3 is 9.88 Å². The first-order valence-corrected chi connectivity index (χ1v) is 6.78. The van der Waals surface area contributed by atoms with Crippen LogP contribution in [0.15, 0.2) is 24.1 Å². The van der Waals surface area contributed by atoms with E-state index in [2.05, 4.69) is 32.2 Å². The summed E-state index contributed by atoms with van der Waals surface area (Å²) in [5, 5.41) is 6.83. The van der Waals surface area contributed by atoms with Gasteiger partial charge in [0.05, 0.1) is 12.4 Å². The highest BCUT2D eigenvalue weighted by atomic mass is 32.1. The molecule has 0 aromatic carbocycles. The van der Waals surface area contributed by atoms with Gasteiger partial charge in [0.15, 0.2) is 0 Å². The highest BCUT2D eigenvalue weighted by molar-refractivity contribution is 7.09. The van der Waals surface area contributed by atoms with Crippen molar-refractivity contribution in [2.24, 2.45) is 0 Å². The van der Waals surface area contributed by atoms with Gasteiger partial charge in [-0.3, -0.25) is 0 Å². The fourth-order valence-corrected chi connectivity index (χ4v) is 2.68. The highest BCUT2D eigenvalue weighted by Gasteiger charge is 2.11. The van der Waals surface area contributed by atoms with Crippen molar-refractivity contribution in [2.75, 3.05) is 6.54 Å². The maximum absolute atomic E-state index is 4.53. The zero-order valence-corrected chi connectivity index (χ0v) is 11.1. The van der Waals surface area contributed by atoms with Gasteiger partial charge in [0.1, 0.15) is 5.01 Å². The fraction of sp³-hybridized carbons (Fsp3) is 0.500. The van der Waals surface area contributed by atoms with Crippen LogP contribution in [0.4, 0.5) is 0 Å². The van der Waals surface area contributed by atoms with E-state index in [-0.39, 0.29) is 0 Å². The number of hydrogen-bond donors (Lipinski definition) is 1. The molecular weight excluding hydrogens is 232 g/mol. The van der Waals surface area contributed by atoms with Gasteiger partial charge in [-0.25, -0.2) is 9.97 Å². The molecule has 17 heavy (non-hydrogen) atoms. The molecule has 0 aliphatic rings. The number of rotatable bonds is 6. The predicted octanol–water partition coefficient (Wildman–Crippen LogP) is 2.39. The topological polar surface area (TPSA) is 42.7 Å². The monoisotopic (exact) mass is 250 g/mol. The molecule has 2 aromatic heterocycles. The zero-order chi connectivity index (χ0) is 12.1. The van der Waals surface area contributed by atoms with Crippen LogP contribution in [0.25, 0.3) is 0 Å². The Morgan fingerprint density at radius 3 is 3.00 bits per heavy atom. The Morgan fingerprint density at radius 1 is 1.53 bits per heavy atom. The molecule has 0 saturated carbocycles. The van der Waals surface area contributed by atoms with Gasteiger partial charge in [-0.2, -0.15) is 0 Å². The normalized spacial score (nSPS) is 12.8. The Morgan fingerprint density at radius 2 is 2.41 bits per heavy atom. The van der Waals surface area contributed by atoms with Crippen LogP contribution < -0.4 is 5.32 Å². The van der Waals surface area contributed by atoms with E-state index in [1.165, 1.54) is 5.01 Å². The Labute approximate surface area is 106 Å². The highest BCUT2D eigenvalue weighted by Crippen LogP contribution is 2.20. The maximum Gasteiger partial charge on any atom is 0.110 e. The van der Waals surface area contributed by atoms with Gasteiger partial charge in [0.25, 0.3) is 0 Å². The number of nitrogens with one attached hydrogen (secondary N) is 1. The van der Waals surface area contributed by atoms with Crippen molar-refractivity contribution in [1.82, 2.24) is 19.9 Å². The van der Waals surface area contributed by atoms with Crippen LogP contribution in [-0.2, 0) is 6.54 Å². The van der Waals surface area contributed by atoms with Gasteiger partial charge in [-0.15, -0.1) is 11.3 Å². The first kappa shape index (κ1) is 12.3. The van der Waals surface area contributed by atoms with Gasteiger partial charge in [-0.1, -0.05) is 6.92 Å². The molecule has 0 radical (unpaired) electrons. The standard InChI is InChI=1S/C12H18N4S/c1-3-11(12-15-10(2)8-17-12)14-5-7-16-6-4-13-9-16/h4,6,8-9,11,14H,3,5,7H2,1-2H3/t11-/m0/s1. The first-order valence-electron chi connectivity index (χ1n) is 5.90. The average Bonchev–Trinajstić information content (AvgIpc) is 2.96. The summed E-state index contributed by atoms with van der Waals surface area (Å²) in [6.07, 6.45) is 6.70. The van der Waals surface area contributed by atoms with E-state index < -0.39 is 0 Å². The zero-order valence-electron chi connectivity index (χ0n) is 10.3. The summed E-state index contributed by atoms with van der Waals surface area (Å²) < 4.78 is 2.08. The summed E-state index contributed by atoms with van der Waals surface area (Å²) in [5.41, 5.74) is 1.11. The summed E-state index contributed by atoms with van der Waals surface area (Å²) in [4.78, 5) is 8.56. The number of hydrogen-bond acceptors (Lipinski definition) is 4. The smallest absolute Gasteiger partial charge is 0.110 e. The summed E-state index contributed by atoms with van der Waals surface area (Å²) in [6, 6.07) is 0.372. The Kier molecular flexibility index (Phi) is 4.28. The Bertz CT molecular complexity index is 435. The van der Waals surface area contributed by atoms with E-state index in [0.717, 1.165) is 25.2 Å². The lowest BCUT2D eigenvalue weighted by atomic mass is 10.2. The van der Waals surface area contributed by atoms with E-state index in [4.69, 9.17) is 0 Å². The molecule has 0 unspecified atom stereocenters. The van der Waals surface area contributed by atoms with Crippen molar-refractivity contribution >= 4 is 11.3 Å². The predicted molar refractivity (Wildman–Crippen MR) is 70.1 cm³/mol. The number of aryl methyl sites for hydroxylation is 1. The maximum atomic E-state index is 4.53. The van der Waals surface area contributed by atoms with E-state index in [1.54, 1.807) is 11.3 Å². The summed E-state index contributed by atoms with van der Waals surface area (Å²) in [5.74, 6) is 0. The minimum Gasteiger partial charge on any atom is -0.336 e.